The first-order valence-corrected chi connectivity index (χ1v) is 5.49. The average Bonchev–Trinajstić information content (AvgIpc) is 2.59. The maximum Gasteiger partial charge on any atom is 0.294 e. The van der Waals surface area contributed by atoms with E-state index in [1.165, 1.54) is 12.1 Å². The van der Waals surface area contributed by atoms with Gasteiger partial charge >= 0.3 is 0 Å². The molecule has 5 heteroatoms. The number of nitrogens with two attached hydrogens (primary N) is 1. The molecule has 3 N–H and O–H groups in total. The third-order valence-electron chi connectivity index (χ3n) is 2.60. The Hall–Kier alpha value is -2.04. The molecule has 1 aromatic heterocycles. The number of anilines is 1. The number of aromatic amines is 1. The van der Waals surface area contributed by atoms with Gasteiger partial charge in [-0.25, -0.2) is 9.07 Å². The minimum atomic E-state index is -0.459. The molecule has 1 heterocycles. The number of aromatic nitrogens is 2. The van der Waals surface area contributed by atoms with E-state index in [0.29, 0.717) is 12.1 Å². The van der Waals surface area contributed by atoms with Crippen molar-refractivity contribution in [3.05, 3.63) is 46.1 Å². The molecule has 0 saturated heterocycles. The van der Waals surface area contributed by atoms with Gasteiger partial charge in [0.2, 0.25) is 0 Å². The van der Waals surface area contributed by atoms with Crippen LogP contribution in [-0.4, -0.2) is 9.78 Å². The van der Waals surface area contributed by atoms with Crippen LogP contribution in [0.5, 0.6) is 0 Å². The van der Waals surface area contributed by atoms with Crippen LogP contribution < -0.4 is 11.3 Å². The molecule has 4 nitrogen and oxygen atoms in total. The predicted molar refractivity (Wildman–Crippen MR) is 64.8 cm³/mol. The Bertz CT molecular complexity index is 586. The average molecular weight is 235 g/mol. The molecule has 0 unspecified atom stereocenters. The van der Waals surface area contributed by atoms with Gasteiger partial charge in [-0.1, -0.05) is 25.5 Å². The summed E-state index contributed by atoms with van der Waals surface area (Å²) in [5.41, 5.74) is 6.29. The quantitative estimate of drug-likeness (QED) is 0.852. The molecule has 0 aliphatic rings. The Morgan fingerprint density at radius 3 is 2.76 bits per heavy atom. The van der Waals surface area contributed by atoms with E-state index in [2.05, 4.69) is 5.10 Å². The van der Waals surface area contributed by atoms with Gasteiger partial charge in [0.1, 0.15) is 17.2 Å². The van der Waals surface area contributed by atoms with Gasteiger partial charge in [0.25, 0.3) is 5.56 Å². The Kier molecular flexibility index (Phi) is 2.99. The number of nitrogen functional groups attached to an aromatic ring is 1. The van der Waals surface area contributed by atoms with E-state index in [1.807, 2.05) is 6.92 Å². The van der Waals surface area contributed by atoms with Crippen molar-refractivity contribution in [1.29, 1.82) is 0 Å². The van der Waals surface area contributed by atoms with Crippen LogP contribution in [0.3, 0.4) is 0 Å². The summed E-state index contributed by atoms with van der Waals surface area (Å²) in [7, 11) is 0. The molecule has 2 aromatic rings. The zero-order valence-electron chi connectivity index (χ0n) is 9.53. The first-order chi connectivity index (χ1) is 8.15. The van der Waals surface area contributed by atoms with Crippen molar-refractivity contribution in [2.24, 2.45) is 0 Å². The summed E-state index contributed by atoms with van der Waals surface area (Å²) < 4.78 is 14.7. The van der Waals surface area contributed by atoms with Crippen LogP contribution in [0.1, 0.15) is 19.0 Å². The smallest absolute Gasteiger partial charge is 0.294 e. The molecule has 0 atom stereocenters. The molecule has 0 spiro atoms. The maximum absolute atomic E-state index is 13.6. The number of rotatable bonds is 3. The summed E-state index contributed by atoms with van der Waals surface area (Å²) in [5, 5.41) is 2.85. The van der Waals surface area contributed by atoms with E-state index in [0.717, 1.165) is 11.1 Å². The van der Waals surface area contributed by atoms with Crippen LogP contribution >= 0.6 is 0 Å². The monoisotopic (exact) mass is 235 g/mol. The molecule has 17 heavy (non-hydrogen) atoms. The van der Waals surface area contributed by atoms with Crippen molar-refractivity contribution < 1.29 is 4.39 Å². The number of aryl methyl sites for hydroxylation is 1. The molecular weight excluding hydrogens is 221 g/mol. The molecule has 0 aliphatic heterocycles. The van der Waals surface area contributed by atoms with Crippen molar-refractivity contribution in [3.8, 4) is 5.69 Å². The number of halogens is 1. The predicted octanol–water partition coefficient (Wildman–Crippen LogP) is 1.84. The third-order valence-corrected chi connectivity index (χ3v) is 2.60. The molecule has 0 bridgehead atoms. The van der Waals surface area contributed by atoms with Crippen molar-refractivity contribution in [3.63, 3.8) is 0 Å². The molecule has 90 valence electrons. The minimum absolute atomic E-state index is 0.162. The van der Waals surface area contributed by atoms with Gasteiger partial charge in [0.05, 0.1) is 5.69 Å². The minimum Gasteiger partial charge on any atom is -0.393 e. The SMILES string of the molecule is CCCc1[nH]n(-c2ccccc2F)c(=O)c1N. The standard InChI is InChI=1S/C12H14FN3O/c1-2-5-9-11(14)12(17)16(15-9)10-7-4-3-6-8(10)13/h3-4,6-7,15H,2,5,14H2,1H3. The van der Waals surface area contributed by atoms with Crippen LogP contribution in [0.4, 0.5) is 10.1 Å². The van der Waals surface area contributed by atoms with E-state index < -0.39 is 11.4 Å². The first kappa shape index (κ1) is 11.4. The highest BCUT2D eigenvalue weighted by molar-refractivity contribution is 5.44. The van der Waals surface area contributed by atoms with Crippen molar-refractivity contribution in [2.75, 3.05) is 5.73 Å². The van der Waals surface area contributed by atoms with E-state index in [9.17, 15) is 9.18 Å². The summed E-state index contributed by atoms with van der Waals surface area (Å²) in [6, 6.07) is 6.07. The summed E-state index contributed by atoms with van der Waals surface area (Å²) in [6.07, 6.45) is 1.53. The van der Waals surface area contributed by atoms with E-state index >= 15 is 0 Å². The lowest BCUT2D eigenvalue weighted by Crippen LogP contribution is -2.17. The number of nitrogens with one attached hydrogen (secondary N) is 1. The van der Waals surface area contributed by atoms with E-state index in [-0.39, 0.29) is 11.4 Å². The fourth-order valence-electron chi connectivity index (χ4n) is 1.74. The number of hydrogen-bond acceptors (Lipinski definition) is 2. The third kappa shape index (κ3) is 1.95. The lowest BCUT2D eigenvalue weighted by Gasteiger charge is -2.02. The lowest BCUT2D eigenvalue weighted by molar-refractivity contribution is 0.607. The van der Waals surface area contributed by atoms with Gasteiger partial charge in [-0.05, 0) is 18.6 Å². The van der Waals surface area contributed by atoms with Gasteiger partial charge in [-0.15, -0.1) is 0 Å². The molecule has 0 saturated carbocycles. The second kappa shape index (κ2) is 4.45. The summed E-state index contributed by atoms with van der Waals surface area (Å²) in [4.78, 5) is 11.9. The highest BCUT2D eigenvalue weighted by atomic mass is 19.1. The van der Waals surface area contributed by atoms with Crippen molar-refractivity contribution in [2.45, 2.75) is 19.8 Å². The Morgan fingerprint density at radius 2 is 2.12 bits per heavy atom. The number of hydrogen-bond donors (Lipinski definition) is 2. The van der Waals surface area contributed by atoms with Gasteiger partial charge in [-0.3, -0.25) is 9.89 Å². The second-order valence-corrected chi connectivity index (χ2v) is 3.85. The zero-order valence-corrected chi connectivity index (χ0v) is 9.53. The summed E-state index contributed by atoms with van der Waals surface area (Å²) in [5.74, 6) is -0.459. The second-order valence-electron chi connectivity index (χ2n) is 3.85. The Balaban J connectivity index is 2.58. The van der Waals surface area contributed by atoms with Crippen molar-refractivity contribution in [1.82, 2.24) is 9.78 Å². The number of para-hydroxylation sites is 1. The maximum atomic E-state index is 13.6. The van der Waals surface area contributed by atoms with E-state index in [1.54, 1.807) is 12.1 Å². The molecular formula is C12H14FN3O. The molecule has 2 rings (SSSR count). The van der Waals surface area contributed by atoms with Gasteiger partial charge < -0.3 is 5.73 Å². The molecule has 0 radical (unpaired) electrons. The summed E-state index contributed by atoms with van der Waals surface area (Å²) in [6.45, 7) is 1.98. The van der Waals surface area contributed by atoms with Gasteiger partial charge in [-0.2, -0.15) is 0 Å². The van der Waals surface area contributed by atoms with E-state index in [4.69, 9.17) is 5.73 Å². The molecule has 0 aliphatic carbocycles. The largest absolute Gasteiger partial charge is 0.393 e. The normalized spacial score (nSPS) is 10.7. The highest BCUT2D eigenvalue weighted by Crippen LogP contribution is 2.13. The number of benzene rings is 1. The zero-order chi connectivity index (χ0) is 12.4. The molecule has 0 fully saturated rings. The van der Waals surface area contributed by atoms with Crippen LogP contribution in [0.2, 0.25) is 0 Å². The Morgan fingerprint density at radius 1 is 1.41 bits per heavy atom. The van der Waals surface area contributed by atoms with Crippen LogP contribution in [0.15, 0.2) is 29.1 Å². The fraction of sp³-hybridized carbons (Fsp3) is 0.250. The molecule has 0 amide bonds. The molecule has 1 aromatic carbocycles. The number of H-pyrrole nitrogens is 1. The number of nitrogens with zero attached hydrogens (tertiary/aromatic N) is 1. The summed E-state index contributed by atoms with van der Waals surface area (Å²) >= 11 is 0. The first-order valence-electron chi connectivity index (χ1n) is 5.49. The van der Waals surface area contributed by atoms with Crippen LogP contribution in [-0.2, 0) is 6.42 Å². The highest BCUT2D eigenvalue weighted by Gasteiger charge is 2.13. The van der Waals surface area contributed by atoms with Crippen LogP contribution in [0.25, 0.3) is 5.69 Å². The fourth-order valence-corrected chi connectivity index (χ4v) is 1.74. The lowest BCUT2D eigenvalue weighted by atomic mass is 10.2. The Labute approximate surface area is 97.9 Å². The van der Waals surface area contributed by atoms with Crippen molar-refractivity contribution >= 4 is 5.69 Å². The van der Waals surface area contributed by atoms with Gasteiger partial charge in [0.15, 0.2) is 0 Å². The topological polar surface area (TPSA) is 63.8 Å². The van der Waals surface area contributed by atoms with Crippen LogP contribution in [0, 0.1) is 5.82 Å². The van der Waals surface area contributed by atoms with Gasteiger partial charge in [0, 0.05) is 0 Å².